The van der Waals surface area contributed by atoms with E-state index < -0.39 is 0 Å². The predicted molar refractivity (Wildman–Crippen MR) is 86.3 cm³/mol. The minimum atomic E-state index is 0.229. The summed E-state index contributed by atoms with van der Waals surface area (Å²) in [5.41, 5.74) is 1.37. The zero-order chi connectivity index (χ0) is 13.8. The molecule has 2 atom stereocenters. The standard InChI is InChI=1S/C17H21ClN2/c18-14-4-6-15(7-5-14)20-13-17(9-2-1-3-10-17)12-16-8-11-19-16/h1-7,9,16,19-20H,8,10-13H2/t16?,17-/m0/s1. The lowest BCUT2D eigenvalue weighted by Gasteiger charge is -2.39. The number of halogens is 1. The summed E-state index contributed by atoms with van der Waals surface area (Å²) in [5, 5.41) is 7.87. The van der Waals surface area contributed by atoms with Gasteiger partial charge < -0.3 is 10.6 Å². The van der Waals surface area contributed by atoms with Crippen molar-refractivity contribution in [2.45, 2.75) is 25.3 Å². The maximum atomic E-state index is 5.93. The minimum Gasteiger partial charge on any atom is -0.384 e. The van der Waals surface area contributed by atoms with E-state index in [4.69, 9.17) is 11.6 Å². The van der Waals surface area contributed by atoms with Crippen molar-refractivity contribution in [3.63, 3.8) is 0 Å². The van der Waals surface area contributed by atoms with E-state index in [1.807, 2.05) is 24.3 Å². The van der Waals surface area contributed by atoms with Crippen LogP contribution in [0.25, 0.3) is 0 Å². The molecule has 1 aliphatic heterocycles. The summed E-state index contributed by atoms with van der Waals surface area (Å²) < 4.78 is 0. The second-order valence-electron chi connectivity index (χ2n) is 5.86. The molecule has 0 radical (unpaired) electrons. The Labute approximate surface area is 125 Å². The van der Waals surface area contributed by atoms with Crippen molar-refractivity contribution in [3.05, 3.63) is 53.6 Å². The first kappa shape index (κ1) is 13.7. The van der Waals surface area contributed by atoms with Crippen molar-refractivity contribution in [1.29, 1.82) is 0 Å². The molecule has 1 heterocycles. The Balaban J connectivity index is 1.65. The molecule has 20 heavy (non-hydrogen) atoms. The molecule has 2 nitrogen and oxygen atoms in total. The van der Waals surface area contributed by atoms with Gasteiger partial charge in [0.2, 0.25) is 0 Å². The molecule has 2 N–H and O–H groups in total. The van der Waals surface area contributed by atoms with Gasteiger partial charge in [0.05, 0.1) is 0 Å². The Morgan fingerprint density at radius 2 is 2.05 bits per heavy atom. The van der Waals surface area contributed by atoms with Crippen LogP contribution in [0.4, 0.5) is 5.69 Å². The van der Waals surface area contributed by atoms with Crippen molar-refractivity contribution >= 4 is 17.3 Å². The lowest BCUT2D eigenvalue weighted by atomic mass is 9.74. The van der Waals surface area contributed by atoms with Gasteiger partial charge in [-0.1, -0.05) is 35.9 Å². The summed E-state index contributed by atoms with van der Waals surface area (Å²) in [6.45, 7) is 2.14. The number of benzene rings is 1. The lowest BCUT2D eigenvalue weighted by molar-refractivity contribution is 0.250. The summed E-state index contributed by atoms with van der Waals surface area (Å²) in [4.78, 5) is 0. The Morgan fingerprint density at radius 1 is 1.25 bits per heavy atom. The van der Waals surface area contributed by atoms with Crippen molar-refractivity contribution < 1.29 is 0 Å². The molecule has 0 saturated carbocycles. The highest BCUT2D eigenvalue weighted by Gasteiger charge is 2.32. The van der Waals surface area contributed by atoms with Gasteiger partial charge in [0.25, 0.3) is 0 Å². The normalized spacial score (nSPS) is 28.1. The third-order valence-electron chi connectivity index (χ3n) is 4.29. The van der Waals surface area contributed by atoms with E-state index in [2.05, 4.69) is 34.9 Å². The van der Waals surface area contributed by atoms with E-state index in [1.165, 1.54) is 19.4 Å². The summed E-state index contributed by atoms with van der Waals surface area (Å²) in [5.74, 6) is 0. The first-order valence-corrected chi connectivity index (χ1v) is 7.71. The predicted octanol–water partition coefficient (Wildman–Crippen LogP) is 4.01. The summed E-state index contributed by atoms with van der Waals surface area (Å²) >= 11 is 5.93. The first-order valence-electron chi connectivity index (χ1n) is 7.33. The van der Waals surface area contributed by atoms with E-state index in [1.54, 1.807) is 0 Å². The topological polar surface area (TPSA) is 24.1 Å². The fourth-order valence-electron chi connectivity index (χ4n) is 2.92. The van der Waals surface area contributed by atoms with Gasteiger partial charge in [-0.05, 0) is 50.1 Å². The molecule has 0 spiro atoms. The van der Waals surface area contributed by atoms with Crippen LogP contribution in [0.3, 0.4) is 0 Å². The maximum Gasteiger partial charge on any atom is 0.0407 e. The van der Waals surface area contributed by atoms with Crippen molar-refractivity contribution in [2.75, 3.05) is 18.4 Å². The highest BCUT2D eigenvalue weighted by Crippen LogP contribution is 2.35. The average molecular weight is 289 g/mol. The molecule has 1 fully saturated rings. The third kappa shape index (κ3) is 3.25. The number of anilines is 1. The lowest BCUT2D eigenvalue weighted by Crippen LogP contribution is -2.47. The summed E-state index contributed by atoms with van der Waals surface area (Å²) in [6.07, 6.45) is 12.6. The van der Waals surface area contributed by atoms with Crippen LogP contribution in [0.5, 0.6) is 0 Å². The number of nitrogens with one attached hydrogen (secondary N) is 2. The summed E-state index contributed by atoms with van der Waals surface area (Å²) in [6, 6.07) is 8.62. The molecule has 2 aliphatic rings. The average Bonchev–Trinajstić information content (AvgIpc) is 2.44. The number of rotatable bonds is 5. The summed E-state index contributed by atoms with van der Waals surface area (Å²) in [7, 11) is 0. The molecule has 0 aromatic heterocycles. The van der Waals surface area contributed by atoms with Gasteiger partial charge in [-0.2, -0.15) is 0 Å². The quantitative estimate of drug-likeness (QED) is 0.855. The van der Waals surface area contributed by atoms with E-state index in [-0.39, 0.29) is 5.41 Å². The van der Waals surface area contributed by atoms with Crippen LogP contribution in [0.15, 0.2) is 48.6 Å². The molecular weight excluding hydrogens is 268 g/mol. The van der Waals surface area contributed by atoms with Gasteiger partial charge in [-0.15, -0.1) is 0 Å². The van der Waals surface area contributed by atoms with Gasteiger partial charge in [0, 0.05) is 28.7 Å². The van der Waals surface area contributed by atoms with Crippen LogP contribution in [0.1, 0.15) is 19.3 Å². The van der Waals surface area contributed by atoms with Crippen LogP contribution in [-0.2, 0) is 0 Å². The third-order valence-corrected chi connectivity index (χ3v) is 4.54. The maximum absolute atomic E-state index is 5.93. The number of allylic oxidation sites excluding steroid dienone is 3. The van der Waals surface area contributed by atoms with E-state index in [0.29, 0.717) is 6.04 Å². The van der Waals surface area contributed by atoms with Gasteiger partial charge in [-0.3, -0.25) is 0 Å². The van der Waals surface area contributed by atoms with Crippen LogP contribution < -0.4 is 10.6 Å². The van der Waals surface area contributed by atoms with Crippen LogP contribution in [-0.4, -0.2) is 19.1 Å². The molecule has 1 aromatic carbocycles. The van der Waals surface area contributed by atoms with Crippen LogP contribution in [0, 0.1) is 5.41 Å². The molecule has 0 bridgehead atoms. The van der Waals surface area contributed by atoms with Crippen LogP contribution >= 0.6 is 11.6 Å². The zero-order valence-electron chi connectivity index (χ0n) is 11.6. The second-order valence-corrected chi connectivity index (χ2v) is 6.29. The van der Waals surface area contributed by atoms with Crippen molar-refractivity contribution in [1.82, 2.24) is 5.32 Å². The van der Waals surface area contributed by atoms with Gasteiger partial charge in [0.15, 0.2) is 0 Å². The molecule has 106 valence electrons. The number of hydrogen-bond acceptors (Lipinski definition) is 2. The largest absolute Gasteiger partial charge is 0.384 e. The van der Waals surface area contributed by atoms with Crippen molar-refractivity contribution in [3.8, 4) is 0 Å². The molecular formula is C17H21ClN2. The molecule has 1 saturated heterocycles. The molecule has 3 heteroatoms. The second kappa shape index (κ2) is 6.02. The van der Waals surface area contributed by atoms with Gasteiger partial charge in [-0.25, -0.2) is 0 Å². The number of hydrogen-bond donors (Lipinski definition) is 2. The van der Waals surface area contributed by atoms with Gasteiger partial charge in [0.1, 0.15) is 0 Å². The minimum absolute atomic E-state index is 0.229. The smallest absolute Gasteiger partial charge is 0.0407 e. The molecule has 3 rings (SSSR count). The Bertz CT molecular complexity index is 502. The molecule has 0 amide bonds. The molecule has 1 aromatic rings. The fourth-order valence-corrected chi connectivity index (χ4v) is 3.05. The van der Waals surface area contributed by atoms with E-state index in [9.17, 15) is 0 Å². The monoisotopic (exact) mass is 288 g/mol. The highest BCUT2D eigenvalue weighted by atomic mass is 35.5. The van der Waals surface area contributed by atoms with E-state index >= 15 is 0 Å². The van der Waals surface area contributed by atoms with Gasteiger partial charge >= 0.3 is 0 Å². The Morgan fingerprint density at radius 3 is 2.65 bits per heavy atom. The molecule has 1 unspecified atom stereocenters. The highest BCUT2D eigenvalue weighted by molar-refractivity contribution is 6.30. The van der Waals surface area contributed by atoms with E-state index in [0.717, 1.165) is 23.7 Å². The fraction of sp³-hybridized carbons (Fsp3) is 0.412. The molecule has 1 aliphatic carbocycles. The van der Waals surface area contributed by atoms with Crippen molar-refractivity contribution in [2.24, 2.45) is 5.41 Å². The SMILES string of the molecule is Clc1ccc(NC[C@@]2(CC3CCN3)C=CC=CC2)cc1. The van der Waals surface area contributed by atoms with Crippen LogP contribution in [0.2, 0.25) is 5.02 Å². The zero-order valence-corrected chi connectivity index (χ0v) is 12.4. The Hall–Kier alpha value is -1.25. The first-order chi connectivity index (χ1) is 9.76. The Kier molecular flexibility index (Phi) is 4.13.